The molecule has 0 aliphatic heterocycles. The minimum Gasteiger partial charge on any atom is -0.321 e. The smallest absolute Gasteiger partial charge is 0.244 e. The summed E-state index contributed by atoms with van der Waals surface area (Å²) in [6.07, 6.45) is 3.44. The van der Waals surface area contributed by atoms with Gasteiger partial charge in [-0.2, -0.15) is 0 Å². The zero-order valence-corrected chi connectivity index (χ0v) is 11.6. The Kier molecular flexibility index (Phi) is 4.27. The van der Waals surface area contributed by atoms with Gasteiger partial charge in [0.2, 0.25) is 10.0 Å². The van der Waals surface area contributed by atoms with Gasteiger partial charge in [0.15, 0.2) is 5.82 Å². The number of sulfonamides is 1. The lowest BCUT2D eigenvalue weighted by molar-refractivity contribution is 0.580. The summed E-state index contributed by atoms with van der Waals surface area (Å²) in [6, 6.07) is 2.95. The Morgan fingerprint density at radius 2 is 2.25 bits per heavy atom. The van der Waals surface area contributed by atoms with Crippen LogP contribution in [0.15, 0.2) is 29.6 Å². The molecule has 0 fully saturated rings. The maximum Gasteiger partial charge on any atom is 0.244 e. The third-order valence-corrected chi connectivity index (χ3v) is 4.14. The van der Waals surface area contributed by atoms with Crippen molar-refractivity contribution in [3.63, 3.8) is 0 Å². The second-order valence-electron chi connectivity index (χ2n) is 4.00. The van der Waals surface area contributed by atoms with Crippen LogP contribution in [0.25, 0.3) is 0 Å². The van der Waals surface area contributed by atoms with Crippen LogP contribution in [0, 0.1) is 0 Å². The average Bonchev–Trinajstić information content (AvgIpc) is 2.84. The SMILES string of the molecule is Cn1cnnc1CCNS(=O)(=O)c1cccnc1NN. The van der Waals surface area contributed by atoms with E-state index >= 15 is 0 Å². The molecule has 0 spiro atoms. The summed E-state index contributed by atoms with van der Waals surface area (Å²) in [6.45, 7) is 0.202. The minimum atomic E-state index is -3.68. The average molecular weight is 297 g/mol. The van der Waals surface area contributed by atoms with Crippen molar-refractivity contribution >= 4 is 15.8 Å². The number of rotatable bonds is 6. The Morgan fingerprint density at radius 1 is 1.45 bits per heavy atom. The number of anilines is 1. The first-order chi connectivity index (χ1) is 9.54. The van der Waals surface area contributed by atoms with Crippen molar-refractivity contribution in [3.05, 3.63) is 30.5 Å². The predicted octanol–water partition coefficient (Wildman–Crippen LogP) is -0.983. The highest BCUT2D eigenvalue weighted by atomic mass is 32.2. The number of aromatic nitrogens is 4. The van der Waals surface area contributed by atoms with E-state index in [9.17, 15) is 8.42 Å². The molecule has 10 heteroatoms. The standard InChI is InChI=1S/C10H15N7O2S/c1-17-7-13-16-9(17)4-6-14-20(18,19)8-3-2-5-12-10(8)15-11/h2-3,5,7,14H,4,6,11H2,1H3,(H,12,15). The second kappa shape index (κ2) is 5.94. The van der Waals surface area contributed by atoms with Gasteiger partial charge in [0.25, 0.3) is 0 Å². The van der Waals surface area contributed by atoms with E-state index in [0.717, 1.165) is 0 Å². The van der Waals surface area contributed by atoms with Crippen LogP contribution in [0.1, 0.15) is 5.82 Å². The number of nitrogens with one attached hydrogen (secondary N) is 2. The largest absolute Gasteiger partial charge is 0.321 e. The summed E-state index contributed by atoms with van der Waals surface area (Å²) in [5, 5.41) is 7.60. The zero-order chi connectivity index (χ0) is 14.6. The third kappa shape index (κ3) is 3.10. The molecule has 108 valence electrons. The van der Waals surface area contributed by atoms with E-state index in [0.29, 0.717) is 12.2 Å². The number of nitrogens with two attached hydrogens (primary N) is 1. The molecule has 0 saturated carbocycles. The Bertz CT molecular complexity index is 682. The molecule has 9 nitrogen and oxygen atoms in total. The predicted molar refractivity (Wildman–Crippen MR) is 71.9 cm³/mol. The van der Waals surface area contributed by atoms with Crippen molar-refractivity contribution in [2.75, 3.05) is 12.0 Å². The number of aryl methyl sites for hydroxylation is 1. The summed E-state index contributed by atoms with van der Waals surface area (Å²) < 4.78 is 28.5. The molecule has 0 aromatic carbocycles. The van der Waals surface area contributed by atoms with Crippen LogP contribution in [-0.2, 0) is 23.5 Å². The molecule has 0 aliphatic rings. The highest BCUT2D eigenvalue weighted by molar-refractivity contribution is 7.89. The van der Waals surface area contributed by atoms with Crippen molar-refractivity contribution in [2.45, 2.75) is 11.3 Å². The molecule has 0 amide bonds. The first kappa shape index (κ1) is 14.4. The van der Waals surface area contributed by atoms with Gasteiger partial charge in [-0.1, -0.05) is 0 Å². The van der Waals surface area contributed by atoms with Gasteiger partial charge in [0, 0.05) is 26.2 Å². The van der Waals surface area contributed by atoms with Crippen LogP contribution in [0.4, 0.5) is 5.82 Å². The molecular formula is C10H15N7O2S. The Hall–Kier alpha value is -2.04. The van der Waals surface area contributed by atoms with Crippen molar-refractivity contribution < 1.29 is 8.42 Å². The molecule has 0 bridgehead atoms. The molecular weight excluding hydrogens is 282 g/mol. The summed E-state index contributed by atoms with van der Waals surface area (Å²) in [5.74, 6) is 6.03. The van der Waals surface area contributed by atoms with E-state index in [4.69, 9.17) is 5.84 Å². The van der Waals surface area contributed by atoms with Gasteiger partial charge in [-0.15, -0.1) is 10.2 Å². The van der Waals surface area contributed by atoms with Crippen molar-refractivity contribution in [2.24, 2.45) is 12.9 Å². The Balaban J connectivity index is 2.06. The number of hydrogen-bond acceptors (Lipinski definition) is 7. The van der Waals surface area contributed by atoms with Crippen LogP contribution < -0.4 is 16.0 Å². The monoisotopic (exact) mass is 297 g/mol. The molecule has 4 N–H and O–H groups in total. The summed E-state index contributed by atoms with van der Waals surface area (Å²) >= 11 is 0. The molecule has 2 aromatic rings. The lowest BCUT2D eigenvalue weighted by Gasteiger charge is -2.09. The molecule has 2 aromatic heterocycles. The normalized spacial score (nSPS) is 11.5. The van der Waals surface area contributed by atoms with E-state index < -0.39 is 10.0 Å². The highest BCUT2D eigenvalue weighted by Gasteiger charge is 2.18. The van der Waals surface area contributed by atoms with Crippen LogP contribution in [0.2, 0.25) is 0 Å². The molecule has 0 saturated heterocycles. The van der Waals surface area contributed by atoms with Gasteiger partial charge in [-0.05, 0) is 12.1 Å². The maximum atomic E-state index is 12.1. The molecule has 2 heterocycles. The van der Waals surface area contributed by atoms with Crippen LogP contribution in [0.3, 0.4) is 0 Å². The van der Waals surface area contributed by atoms with E-state index in [-0.39, 0.29) is 17.3 Å². The van der Waals surface area contributed by atoms with Crippen LogP contribution >= 0.6 is 0 Å². The molecule has 0 atom stereocenters. The van der Waals surface area contributed by atoms with Crippen molar-refractivity contribution in [1.82, 2.24) is 24.5 Å². The Labute approximate surface area is 116 Å². The van der Waals surface area contributed by atoms with Crippen molar-refractivity contribution in [3.8, 4) is 0 Å². The van der Waals surface area contributed by atoms with Gasteiger partial charge >= 0.3 is 0 Å². The van der Waals surface area contributed by atoms with Gasteiger partial charge in [0.1, 0.15) is 17.0 Å². The number of hydrazine groups is 1. The maximum absolute atomic E-state index is 12.1. The van der Waals surface area contributed by atoms with E-state index in [1.165, 1.54) is 18.3 Å². The van der Waals surface area contributed by atoms with Crippen LogP contribution in [0.5, 0.6) is 0 Å². The van der Waals surface area contributed by atoms with Gasteiger partial charge < -0.3 is 9.99 Å². The fraction of sp³-hybridized carbons (Fsp3) is 0.300. The van der Waals surface area contributed by atoms with E-state index in [1.54, 1.807) is 17.9 Å². The highest BCUT2D eigenvalue weighted by Crippen LogP contribution is 2.16. The Morgan fingerprint density at radius 3 is 2.90 bits per heavy atom. The number of nitrogen functional groups attached to an aromatic ring is 1. The fourth-order valence-electron chi connectivity index (χ4n) is 1.62. The summed E-state index contributed by atoms with van der Waals surface area (Å²) in [4.78, 5) is 3.85. The third-order valence-electron chi connectivity index (χ3n) is 2.64. The van der Waals surface area contributed by atoms with Gasteiger partial charge in [-0.25, -0.2) is 24.0 Å². The second-order valence-corrected chi connectivity index (χ2v) is 5.74. The first-order valence-corrected chi connectivity index (χ1v) is 7.27. The minimum absolute atomic E-state index is 0.000431. The van der Waals surface area contributed by atoms with Crippen molar-refractivity contribution in [1.29, 1.82) is 0 Å². The van der Waals surface area contributed by atoms with Gasteiger partial charge in [-0.3, -0.25) is 0 Å². The first-order valence-electron chi connectivity index (χ1n) is 5.79. The zero-order valence-electron chi connectivity index (χ0n) is 10.8. The number of pyridine rings is 1. The van der Waals surface area contributed by atoms with E-state index in [2.05, 4.69) is 25.3 Å². The number of hydrogen-bond donors (Lipinski definition) is 3. The molecule has 0 radical (unpaired) electrons. The summed E-state index contributed by atoms with van der Waals surface area (Å²) in [5.41, 5.74) is 2.26. The number of nitrogens with zero attached hydrogens (tertiary/aromatic N) is 4. The lowest BCUT2D eigenvalue weighted by atomic mass is 10.4. The van der Waals surface area contributed by atoms with E-state index in [1.807, 2.05) is 0 Å². The summed E-state index contributed by atoms with van der Waals surface area (Å²) in [7, 11) is -1.89. The topological polar surface area (TPSA) is 128 Å². The quantitative estimate of drug-likeness (QED) is 0.461. The molecule has 0 aliphatic carbocycles. The molecule has 0 unspecified atom stereocenters. The lowest BCUT2D eigenvalue weighted by Crippen LogP contribution is -2.28. The van der Waals surface area contributed by atoms with Crippen LogP contribution in [-0.4, -0.2) is 34.7 Å². The fourth-order valence-corrected chi connectivity index (χ4v) is 2.77. The molecule has 2 rings (SSSR count). The molecule has 20 heavy (non-hydrogen) atoms. The van der Waals surface area contributed by atoms with Gasteiger partial charge in [0.05, 0.1) is 0 Å².